The molecule has 2 unspecified atom stereocenters. The molecule has 2 rings (SSSR count). The Morgan fingerprint density at radius 3 is 2.65 bits per heavy atom. The van der Waals surface area contributed by atoms with E-state index in [4.69, 9.17) is 11.6 Å². The third-order valence-corrected chi connectivity index (χ3v) is 3.67. The van der Waals surface area contributed by atoms with Crippen molar-refractivity contribution in [3.8, 4) is 0 Å². The second kappa shape index (κ2) is 5.54. The van der Waals surface area contributed by atoms with E-state index >= 15 is 0 Å². The predicted octanol–water partition coefficient (Wildman–Crippen LogP) is 4.10. The van der Waals surface area contributed by atoms with Gasteiger partial charge < -0.3 is 5.32 Å². The molecule has 1 N–H and O–H groups in total. The number of rotatable bonds is 2. The first-order chi connectivity index (χ1) is 8.15. The highest BCUT2D eigenvalue weighted by Crippen LogP contribution is 2.29. The Morgan fingerprint density at radius 2 is 2.00 bits per heavy atom. The summed E-state index contributed by atoms with van der Waals surface area (Å²) in [6.07, 6.45) is 4.45. The molecule has 92 valence electrons. The first kappa shape index (κ1) is 12.4. The van der Waals surface area contributed by atoms with E-state index in [1.807, 2.05) is 12.1 Å². The van der Waals surface area contributed by atoms with Gasteiger partial charge in [0.25, 0.3) is 0 Å². The number of anilines is 1. The molecule has 1 aromatic carbocycles. The molecule has 1 aliphatic carbocycles. The summed E-state index contributed by atoms with van der Waals surface area (Å²) in [5.74, 6) is 0.998. The minimum absolute atomic E-state index is 0.152. The lowest BCUT2D eigenvalue weighted by atomic mass is 9.82. The van der Waals surface area contributed by atoms with Crippen LogP contribution in [-0.2, 0) is 4.79 Å². The number of amides is 1. The lowest BCUT2D eigenvalue weighted by Gasteiger charge is -2.25. The molecule has 2 atom stereocenters. The zero-order valence-corrected chi connectivity index (χ0v) is 10.8. The van der Waals surface area contributed by atoms with Crippen LogP contribution in [0.4, 0.5) is 5.69 Å². The molecule has 1 aromatic rings. The smallest absolute Gasteiger partial charge is 0.227 e. The predicted molar refractivity (Wildman–Crippen MR) is 71.2 cm³/mol. The number of halogens is 1. The summed E-state index contributed by atoms with van der Waals surface area (Å²) in [5, 5.41) is 3.65. The van der Waals surface area contributed by atoms with Crippen LogP contribution in [0, 0.1) is 11.8 Å². The average Bonchev–Trinajstić information content (AvgIpc) is 2.32. The second-order valence-corrected chi connectivity index (χ2v) is 5.40. The van der Waals surface area contributed by atoms with Crippen LogP contribution in [0.5, 0.6) is 0 Å². The normalized spacial score (nSPS) is 24.4. The fraction of sp³-hybridized carbons (Fsp3) is 0.500. The van der Waals surface area contributed by atoms with Gasteiger partial charge in [0.2, 0.25) is 5.91 Å². The number of hydrogen-bond acceptors (Lipinski definition) is 1. The van der Waals surface area contributed by atoms with Gasteiger partial charge in [0.15, 0.2) is 0 Å². The van der Waals surface area contributed by atoms with Crippen molar-refractivity contribution in [3.63, 3.8) is 0 Å². The molecule has 0 aliphatic heterocycles. The molecule has 0 spiro atoms. The van der Waals surface area contributed by atoms with Crippen molar-refractivity contribution in [2.45, 2.75) is 32.6 Å². The van der Waals surface area contributed by atoms with E-state index in [0.717, 1.165) is 18.5 Å². The molecule has 0 bridgehead atoms. The van der Waals surface area contributed by atoms with Crippen LogP contribution in [0.25, 0.3) is 0 Å². The van der Waals surface area contributed by atoms with Crippen LogP contribution in [0.15, 0.2) is 24.3 Å². The third-order valence-electron chi connectivity index (χ3n) is 3.42. The van der Waals surface area contributed by atoms with Crippen LogP contribution in [0.3, 0.4) is 0 Å². The van der Waals surface area contributed by atoms with Crippen molar-refractivity contribution in [1.29, 1.82) is 0 Å². The molecule has 17 heavy (non-hydrogen) atoms. The Bertz CT molecular complexity index is 388. The number of nitrogens with one attached hydrogen (secondary N) is 1. The summed E-state index contributed by atoms with van der Waals surface area (Å²) in [6, 6.07) is 7.26. The van der Waals surface area contributed by atoms with Crippen LogP contribution in [0.1, 0.15) is 32.6 Å². The van der Waals surface area contributed by atoms with Gasteiger partial charge >= 0.3 is 0 Å². The average molecular weight is 252 g/mol. The fourth-order valence-corrected chi connectivity index (χ4v) is 2.58. The van der Waals surface area contributed by atoms with E-state index in [9.17, 15) is 4.79 Å². The summed E-state index contributed by atoms with van der Waals surface area (Å²) >= 11 is 5.80. The van der Waals surface area contributed by atoms with Crippen LogP contribution in [-0.4, -0.2) is 5.91 Å². The molecule has 3 heteroatoms. The highest BCUT2D eigenvalue weighted by atomic mass is 35.5. The SMILES string of the molecule is CC1CCCC(C(=O)Nc2ccc(Cl)cc2)C1. The molecule has 1 amide bonds. The first-order valence-corrected chi connectivity index (χ1v) is 6.59. The quantitative estimate of drug-likeness (QED) is 0.842. The van der Waals surface area contributed by atoms with Gasteiger partial charge in [0.05, 0.1) is 0 Å². The van der Waals surface area contributed by atoms with Crippen molar-refractivity contribution >= 4 is 23.2 Å². The first-order valence-electron chi connectivity index (χ1n) is 6.21. The van der Waals surface area contributed by atoms with Crippen molar-refractivity contribution in [1.82, 2.24) is 0 Å². The summed E-state index contributed by atoms with van der Waals surface area (Å²) < 4.78 is 0. The van der Waals surface area contributed by atoms with E-state index in [1.54, 1.807) is 12.1 Å². The third kappa shape index (κ3) is 3.47. The maximum Gasteiger partial charge on any atom is 0.227 e. The zero-order valence-electron chi connectivity index (χ0n) is 10.1. The van der Waals surface area contributed by atoms with Crippen LogP contribution >= 0.6 is 11.6 Å². The Balaban J connectivity index is 1.94. The van der Waals surface area contributed by atoms with Gasteiger partial charge in [0.1, 0.15) is 0 Å². The minimum atomic E-state index is 0.152. The summed E-state index contributed by atoms with van der Waals surface area (Å²) in [6.45, 7) is 2.22. The molecule has 1 fully saturated rings. The van der Waals surface area contributed by atoms with E-state index in [1.165, 1.54) is 12.8 Å². The molecule has 1 aliphatic rings. The lowest BCUT2D eigenvalue weighted by Crippen LogP contribution is -2.27. The fourth-order valence-electron chi connectivity index (χ4n) is 2.45. The Kier molecular flexibility index (Phi) is 4.06. The number of carbonyl (C=O) groups excluding carboxylic acids is 1. The van der Waals surface area contributed by atoms with E-state index in [2.05, 4.69) is 12.2 Å². The summed E-state index contributed by atoms with van der Waals surface area (Å²) in [4.78, 5) is 12.1. The number of hydrogen-bond donors (Lipinski definition) is 1. The Labute approximate surface area is 107 Å². The maximum absolute atomic E-state index is 12.1. The minimum Gasteiger partial charge on any atom is -0.326 e. The number of benzene rings is 1. The zero-order chi connectivity index (χ0) is 12.3. The topological polar surface area (TPSA) is 29.1 Å². The standard InChI is InChI=1S/C14H18ClNO/c1-10-3-2-4-11(9-10)14(17)16-13-7-5-12(15)6-8-13/h5-8,10-11H,2-4,9H2,1H3,(H,16,17). The van der Waals surface area contributed by atoms with E-state index in [0.29, 0.717) is 10.9 Å². The van der Waals surface area contributed by atoms with E-state index < -0.39 is 0 Å². The van der Waals surface area contributed by atoms with E-state index in [-0.39, 0.29) is 11.8 Å². The number of carbonyl (C=O) groups is 1. The molecular weight excluding hydrogens is 234 g/mol. The van der Waals surface area contributed by atoms with Gasteiger partial charge in [0, 0.05) is 16.6 Å². The lowest BCUT2D eigenvalue weighted by molar-refractivity contribution is -0.121. The van der Waals surface area contributed by atoms with Crippen LogP contribution in [0.2, 0.25) is 5.02 Å². The van der Waals surface area contributed by atoms with Gasteiger partial charge in [-0.1, -0.05) is 31.4 Å². The van der Waals surface area contributed by atoms with Gasteiger partial charge in [-0.05, 0) is 43.0 Å². The largest absolute Gasteiger partial charge is 0.326 e. The molecule has 2 nitrogen and oxygen atoms in total. The van der Waals surface area contributed by atoms with Crippen molar-refractivity contribution in [2.75, 3.05) is 5.32 Å². The van der Waals surface area contributed by atoms with Crippen molar-refractivity contribution in [3.05, 3.63) is 29.3 Å². The summed E-state index contributed by atoms with van der Waals surface area (Å²) in [7, 11) is 0. The molecule has 0 heterocycles. The maximum atomic E-state index is 12.1. The molecule has 0 saturated heterocycles. The monoisotopic (exact) mass is 251 g/mol. The highest BCUT2D eigenvalue weighted by Gasteiger charge is 2.24. The van der Waals surface area contributed by atoms with Gasteiger partial charge in [-0.25, -0.2) is 0 Å². The Hall–Kier alpha value is -1.02. The molecule has 0 aromatic heterocycles. The van der Waals surface area contributed by atoms with Crippen LogP contribution < -0.4 is 5.32 Å². The molecule has 0 radical (unpaired) electrons. The van der Waals surface area contributed by atoms with Gasteiger partial charge in [-0.15, -0.1) is 0 Å². The summed E-state index contributed by atoms with van der Waals surface area (Å²) in [5.41, 5.74) is 0.831. The van der Waals surface area contributed by atoms with Gasteiger partial charge in [-0.3, -0.25) is 4.79 Å². The van der Waals surface area contributed by atoms with Crippen molar-refractivity contribution in [2.24, 2.45) is 11.8 Å². The Morgan fingerprint density at radius 1 is 1.29 bits per heavy atom. The molecular formula is C14H18ClNO. The highest BCUT2D eigenvalue weighted by molar-refractivity contribution is 6.30. The second-order valence-electron chi connectivity index (χ2n) is 4.96. The van der Waals surface area contributed by atoms with Crippen molar-refractivity contribution < 1.29 is 4.79 Å². The molecule has 1 saturated carbocycles. The van der Waals surface area contributed by atoms with Gasteiger partial charge in [-0.2, -0.15) is 0 Å².